The molecule has 1 amide bonds. The van der Waals surface area contributed by atoms with E-state index in [0.29, 0.717) is 0 Å². The van der Waals surface area contributed by atoms with Gasteiger partial charge in [0.15, 0.2) is 5.57 Å². The molecule has 1 aliphatic rings. The third kappa shape index (κ3) is 3.32. The first kappa shape index (κ1) is 16.9. The summed E-state index contributed by atoms with van der Waals surface area (Å²) in [6, 6.07) is 3.67. The number of rotatable bonds is 4. The van der Waals surface area contributed by atoms with E-state index in [9.17, 15) is 24.5 Å². The second-order valence-electron chi connectivity index (χ2n) is 5.20. The van der Waals surface area contributed by atoms with Gasteiger partial charge in [-0.05, 0) is 6.07 Å². The predicted octanol–water partition coefficient (Wildman–Crippen LogP) is 0.826. The van der Waals surface area contributed by atoms with E-state index in [4.69, 9.17) is 15.2 Å². The van der Waals surface area contributed by atoms with Gasteiger partial charge in [-0.25, -0.2) is 9.59 Å². The Kier molecular flexibility index (Phi) is 4.22. The quantitative estimate of drug-likeness (QED) is 0.270. The number of hydrogen-bond acceptors (Lipinski definition) is 8. The lowest BCUT2D eigenvalue weighted by Gasteiger charge is -2.29. The number of nitrogens with two attached hydrogens (primary N) is 1. The molecule has 1 aromatic carbocycles. The van der Waals surface area contributed by atoms with Crippen molar-refractivity contribution in [2.24, 2.45) is 5.73 Å². The number of carbonyl (C=O) groups excluding carboxylic acids is 3. The van der Waals surface area contributed by atoms with Crippen molar-refractivity contribution in [1.29, 1.82) is 0 Å². The highest BCUT2D eigenvalue weighted by molar-refractivity contribution is 6.15. The van der Waals surface area contributed by atoms with Gasteiger partial charge in [0.25, 0.3) is 17.4 Å². The van der Waals surface area contributed by atoms with Gasteiger partial charge in [0.05, 0.1) is 10.5 Å². The summed E-state index contributed by atoms with van der Waals surface area (Å²) in [5, 5.41) is 13.5. The number of nitrogens with zero attached hydrogens (tertiary/aromatic N) is 1. The van der Waals surface area contributed by atoms with Crippen molar-refractivity contribution in [2.45, 2.75) is 19.6 Å². The van der Waals surface area contributed by atoms with E-state index in [1.165, 1.54) is 26.0 Å². The van der Waals surface area contributed by atoms with Crippen LogP contribution in [0.5, 0.6) is 0 Å². The molecule has 1 fully saturated rings. The molecule has 3 N–H and O–H groups in total. The van der Waals surface area contributed by atoms with Crippen molar-refractivity contribution in [2.75, 3.05) is 5.32 Å². The summed E-state index contributed by atoms with van der Waals surface area (Å²) in [4.78, 5) is 45.4. The fourth-order valence-electron chi connectivity index (χ4n) is 1.97. The fourth-order valence-corrected chi connectivity index (χ4v) is 1.97. The molecular weight excluding hydrogens is 322 g/mol. The van der Waals surface area contributed by atoms with Crippen LogP contribution in [0.25, 0.3) is 0 Å². The average molecular weight is 335 g/mol. The molecular formula is C14H13N3O7. The number of nitrogens with one attached hydrogen (secondary N) is 1. The van der Waals surface area contributed by atoms with Crippen molar-refractivity contribution in [1.82, 2.24) is 0 Å². The van der Waals surface area contributed by atoms with Gasteiger partial charge >= 0.3 is 11.9 Å². The summed E-state index contributed by atoms with van der Waals surface area (Å²) in [5.74, 6) is -4.27. The Hall–Kier alpha value is -3.43. The second kappa shape index (κ2) is 5.99. The van der Waals surface area contributed by atoms with Crippen LogP contribution in [-0.2, 0) is 19.1 Å². The van der Waals surface area contributed by atoms with Crippen molar-refractivity contribution in [3.63, 3.8) is 0 Å². The highest BCUT2D eigenvalue weighted by Crippen LogP contribution is 2.29. The lowest BCUT2D eigenvalue weighted by Crippen LogP contribution is -2.42. The molecule has 126 valence electrons. The minimum Gasteiger partial charge on any atom is -0.419 e. The predicted molar refractivity (Wildman–Crippen MR) is 79.6 cm³/mol. The zero-order chi connectivity index (χ0) is 18.1. The molecule has 1 saturated heterocycles. The number of cyclic esters (lactones) is 2. The Labute approximate surface area is 135 Å². The summed E-state index contributed by atoms with van der Waals surface area (Å²) < 4.78 is 9.77. The first-order chi connectivity index (χ1) is 11.1. The third-order valence-corrected chi connectivity index (χ3v) is 2.98. The Morgan fingerprint density at radius 2 is 1.88 bits per heavy atom. The molecule has 1 heterocycles. The molecule has 10 nitrogen and oxygen atoms in total. The molecule has 0 unspecified atom stereocenters. The van der Waals surface area contributed by atoms with Crippen LogP contribution in [0.15, 0.2) is 30.0 Å². The van der Waals surface area contributed by atoms with E-state index in [1.54, 1.807) is 0 Å². The van der Waals surface area contributed by atoms with Crippen LogP contribution in [-0.4, -0.2) is 28.6 Å². The summed E-state index contributed by atoms with van der Waals surface area (Å²) >= 11 is 0. The Balaban J connectivity index is 2.41. The molecule has 10 heteroatoms. The van der Waals surface area contributed by atoms with Gasteiger partial charge < -0.3 is 20.5 Å². The highest BCUT2D eigenvalue weighted by atomic mass is 16.7. The molecule has 24 heavy (non-hydrogen) atoms. The third-order valence-electron chi connectivity index (χ3n) is 2.98. The van der Waals surface area contributed by atoms with E-state index < -0.39 is 39.8 Å². The molecule has 0 saturated carbocycles. The number of hydrogen-bond donors (Lipinski definition) is 2. The van der Waals surface area contributed by atoms with Gasteiger partial charge in [-0.3, -0.25) is 14.9 Å². The number of carbonyl (C=O) groups is 3. The summed E-state index contributed by atoms with van der Waals surface area (Å²) in [7, 11) is 0. The van der Waals surface area contributed by atoms with Crippen molar-refractivity contribution >= 4 is 29.2 Å². The number of nitro groups is 1. The van der Waals surface area contributed by atoms with E-state index in [2.05, 4.69) is 5.32 Å². The molecule has 0 aromatic heterocycles. The number of ether oxygens (including phenoxy) is 2. The van der Waals surface area contributed by atoms with Crippen LogP contribution in [0.4, 0.5) is 11.4 Å². The molecule has 1 aliphatic heterocycles. The van der Waals surface area contributed by atoms with Crippen LogP contribution in [0.3, 0.4) is 0 Å². The van der Waals surface area contributed by atoms with Gasteiger partial charge in [-0.1, -0.05) is 6.07 Å². The first-order valence-corrected chi connectivity index (χ1v) is 6.63. The minimum atomic E-state index is -1.41. The van der Waals surface area contributed by atoms with Crippen LogP contribution >= 0.6 is 0 Å². The first-order valence-electron chi connectivity index (χ1n) is 6.63. The summed E-state index contributed by atoms with van der Waals surface area (Å²) in [5.41, 5.74) is 3.77. The number of nitro benzene ring substituents is 1. The number of anilines is 1. The average Bonchev–Trinajstić information content (AvgIpc) is 2.44. The van der Waals surface area contributed by atoms with Crippen molar-refractivity contribution in [3.8, 4) is 0 Å². The summed E-state index contributed by atoms with van der Waals surface area (Å²) in [6.07, 6.45) is 0.870. The maximum absolute atomic E-state index is 11.8. The lowest BCUT2D eigenvalue weighted by molar-refractivity contribution is -0.383. The molecule has 2 rings (SSSR count). The van der Waals surface area contributed by atoms with Crippen LogP contribution in [0.1, 0.15) is 24.2 Å². The Morgan fingerprint density at radius 1 is 1.29 bits per heavy atom. The highest BCUT2D eigenvalue weighted by Gasteiger charge is 2.39. The molecule has 1 aromatic rings. The van der Waals surface area contributed by atoms with E-state index >= 15 is 0 Å². The monoisotopic (exact) mass is 335 g/mol. The number of primary amides is 1. The second-order valence-corrected chi connectivity index (χ2v) is 5.20. The maximum atomic E-state index is 11.8. The number of amides is 1. The minimum absolute atomic E-state index is 0.182. The lowest BCUT2D eigenvalue weighted by atomic mass is 10.1. The topological polar surface area (TPSA) is 151 Å². The Morgan fingerprint density at radius 3 is 2.38 bits per heavy atom. The normalized spacial score (nSPS) is 16.0. The molecule has 0 aliphatic carbocycles. The molecule has 0 atom stereocenters. The Bertz CT molecular complexity index is 728. The molecule has 0 spiro atoms. The zero-order valence-corrected chi connectivity index (χ0v) is 12.7. The number of benzene rings is 1. The van der Waals surface area contributed by atoms with Crippen molar-refractivity contribution in [3.05, 3.63) is 45.6 Å². The van der Waals surface area contributed by atoms with Crippen molar-refractivity contribution < 1.29 is 28.8 Å². The van der Waals surface area contributed by atoms with Gasteiger partial charge in [0.2, 0.25) is 0 Å². The number of esters is 2. The van der Waals surface area contributed by atoms with Gasteiger partial charge in [0.1, 0.15) is 5.69 Å². The van der Waals surface area contributed by atoms with E-state index in [0.717, 1.165) is 12.3 Å². The summed E-state index contributed by atoms with van der Waals surface area (Å²) in [6.45, 7) is 2.75. The molecule has 0 radical (unpaired) electrons. The van der Waals surface area contributed by atoms with Crippen LogP contribution in [0.2, 0.25) is 0 Å². The fraction of sp³-hybridized carbons (Fsp3) is 0.214. The maximum Gasteiger partial charge on any atom is 0.350 e. The van der Waals surface area contributed by atoms with Gasteiger partial charge in [-0.15, -0.1) is 0 Å². The van der Waals surface area contributed by atoms with Crippen LogP contribution in [0, 0.1) is 10.1 Å². The zero-order valence-electron chi connectivity index (χ0n) is 12.7. The number of para-hydroxylation sites is 1. The van der Waals surface area contributed by atoms with Crippen LogP contribution < -0.4 is 11.1 Å². The standard InChI is InChI=1S/C14H13N3O7/c1-14(2)23-12(19)8(13(20)24-14)6-16-10-7(11(15)18)4-3-5-9(10)17(21)22/h3-6,16H,1-2H3,(H2,15,18). The van der Waals surface area contributed by atoms with E-state index in [-0.39, 0.29) is 11.3 Å². The van der Waals surface area contributed by atoms with Gasteiger partial charge in [0, 0.05) is 26.1 Å². The largest absolute Gasteiger partial charge is 0.419 e. The molecule has 0 bridgehead atoms. The van der Waals surface area contributed by atoms with Gasteiger partial charge in [-0.2, -0.15) is 0 Å². The smallest absolute Gasteiger partial charge is 0.350 e. The van der Waals surface area contributed by atoms with E-state index in [1.807, 2.05) is 0 Å². The SMILES string of the molecule is CC1(C)OC(=O)C(=CNc2c(C(N)=O)cccc2[N+](=O)[O-])C(=O)O1.